The van der Waals surface area contributed by atoms with Gasteiger partial charge in [-0.1, -0.05) is 29.8 Å². The van der Waals surface area contributed by atoms with Crippen LogP contribution in [0.2, 0.25) is 0 Å². The van der Waals surface area contributed by atoms with Crippen LogP contribution in [0.15, 0.2) is 35.9 Å². The molecule has 0 atom stereocenters. The second-order valence-corrected chi connectivity index (χ2v) is 4.78. The summed E-state index contributed by atoms with van der Waals surface area (Å²) in [6.07, 6.45) is 3.48. The molecule has 0 amide bonds. The quantitative estimate of drug-likeness (QED) is 0.809. The van der Waals surface area contributed by atoms with Crippen molar-refractivity contribution in [1.29, 1.82) is 0 Å². The van der Waals surface area contributed by atoms with Gasteiger partial charge in [-0.25, -0.2) is 0 Å². The Kier molecular flexibility index (Phi) is 4.79. The third-order valence-corrected chi connectivity index (χ3v) is 3.27. The molecule has 3 nitrogen and oxygen atoms in total. The SMILES string of the molecule is CC1=CCCN(CCOc2ccccc2CN)C1. The Bertz CT molecular complexity index is 415. The van der Waals surface area contributed by atoms with Gasteiger partial charge in [0.05, 0.1) is 0 Å². The van der Waals surface area contributed by atoms with Crippen molar-refractivity contribution >= 4 is 0 Å². The Hall–Kier alpha value is -1.32. The number of hydrogen-bond donors (Lipinski definition) is 1. The van der Waals surface area contributed by atoms with Gasteiger partial charge < -0.3 is 10.5 Å². The van der Waals surface area contributed by atoms with Crippen molar-refractivity contribution in [2.75, 3.05) is 26.2 Å². The highest BCUT2D eigenvalue weighted by Crippen LogP contribution is 2.17. The molecule has 3 heteroatoms. The summed E-state index contributed by atoms with van der Waals surface area (Å²) in [5, 5.41) is 0. The number of nitrogens with two attached hydrogens (primary N) is 1. The lowest BCUT2D eigenvalue weighted by Crippen LogP contribution is -2.33. The summed E-state index contributed by atoms with van der Waals surface area (Å²) in [7, 11) is 0. The maximum atomic E-state index is 5.82. The van der Waals surface area contributed by atoms with Crippen molar-refractivity contribution in [2.24, 2.45) is 5.73 Å². The molecule has 1 aliphatic rings. The van der Waals surface area contributed by atoms with Gasteiger partial charge in [-0.05, 0) is 19.4 Å². The molecule has 0 spiro atoms. The van der Waals surface area contributed by atoms with Crippen molar-refractivity contribution in [2.45, 2.75) is 19.9 Å². The van der Waals surface area contributed by atoms with Crippen molar-refractivity contribution < 1.29 is 4.74 Å². The predicted octanol–water partition coefficient (Wildman–Crippen LogP) is 2.18. The van der Waals surface area contributed by atoms with Crippen LogP contribution >= 0.6 is 0 Å². The molecule has 1 aromatic rings. The van der Waals surface area contributed by atoms with Gasteiger partial charge in [0.25, 0.3) is 0 Å². The van der Waals surface area contributed by atoms with Crippen LogP contribution < -0.4 is 10.5 Å². The number of rotatable bonds is 5. The second-order valence-electron chi connectivity index (χ2n) is 4.78. The molecule has 98 valence electrons. The van der Waals surface area contributed by atoms with Crippen molar-refractivity contribution in [3.63, 3.8) is 0 Å². The average molecular weight is 246 g/mol. The molecule has 2 rings (SSSR count). The van der Waals surface area contributed by atoms with Gasteiger partial charge in [-0.2, -0.15) is 0 Å². The van der Waals surface area contributed by atoms with Crippen LogP contribution in [0, 0.1) is 0 Å². The average Bonchev–Trinajstić information content (AvgIpc) is 2.39. The molecule has 1 aliphatic heterocycles. The van der Waals surface area contributed by atoms with Gasteiger partial charge in [0.1, 0.15) is 12.4 Å². The summed E-state index contributed by atoms with van der Waals surface area (Å²) in [4.78, 5) is 2.43. The monoisotopic (exact) mass is 246 g/mol. The smallest absolute Gasteiger partial charge is 0.123 e. The number of ether oxygens (including phenoxy) is 1. The molecule has 0 saturated carbocycles. The van der Waals surface area contributed by atoms with E-state index in [1.54, 1.807) is 0 Å². The van der Waals surface area contributed by atoms with E-state index in [9.17, 15) is 0 Å². The van der Waals surface area contributed by atoms with Crippen LogP contribution in [-0.4, -0.2) is 31.1 Å². The van der Waals surface area contributed by atoms with E-state index in [0.29, 0.717) is 6.54 Å². The fraction of sp³-hybridized carbons (Fsp3) is 0.467. The first-order valence-electron chi connectivity index (χ1n) is 6.58. The lowest BCUT2D eigenvalue weighted by atomic mass is 10.1. The molecular weight excluding hydrogens is 224 g/mol. The van der Waals surface area contributed by atoms with E-state index < -0.39 is 0 Å². The fourth-order valence-corrected chi connectivity index (χ4v) is 2.28. The minimum atomic E-state index is 0.529. The van der Waals surface area contributed by atoms with Crippen molar-refractivity contribution in [1.82, 2.24) is 4.90 Å². The van der Waals surface area contributed by atoms with E-state index in [1.165, 1.54) is 5.57 Å². The standard InChI is InChI=1S/C15H22N2O/c1-13-5-4-8-17(12-13)9-10-18-15-7-3-2-6-14(15)11-16/h2-3,5-7H,4,8-12,16H2,1H3. The lowest BCUT2D eigenvalue weighted by molar-refractivity contribution is 0.216. The number of hydrogen-bond acceptors (Lipinski definition) is 3. The highest BCUT2D eigenvalue weighted by Gasteiger charge is 2.09. The lowest BCUT2D eigenvalue weighted by Gasteiger charge is -2.25. The summed E-state index contributed by atoms with van der Waals surface area (Å²) >= 11 is 0. The van der Waals surface area contributed by atoms with Gasteiger partial charge in [0.2, 0.25) is 0 Å². The molecule has 0 bridgehead atoms. The number of para-hydroxylation sites is 1. The first kappa shape index (κ1) is 13.1. The Balaban J connectivity index is 1.80. The molecule has 0 saturated heterocycles. The van der Waals surface area contributed by atoms with Gasteiger partial charge >= 0.3 is 0 Å². The van der Waals surface area contributed by atoms with E-state index >= 15 is 0 Å². The minimum absolute atomic E-state index is 0.529. The minimum Gasteiger partial charge on any atom is -0.492 e. The van der Waals surface area contributed by atoms with Gasteiger partial charge in [0, 0.05) is 31.7 Å². The van der Waals surface area contributed by atoms with E-state index in [0.717, 1.165) is 44.0 Å². The van der Waals surface area contributed by atoms with Crippen LogP contribution in [-0.2, 0) is 6.54 Å². The summed E-state index contributed by atoms with van der Waals surface area (Å²) in [6, 6.07) is 7.99. The molecule has 0 radical (unpaired) electrons. The third kappa shape index (κ3) is 3.59. The van der Waals surface area contributed by atoms with Crippen LogP contribution in [0.5, 0.6) is 5.75 Å². The summed E-state index contributed by atoms with van der Waals surface area (Å²) in [5.74, 6) is 0.921. The zero-order valence-corrected chi connectivity index (χ0v) is 11.1. The molecular formula is C15H22N2O. The highest BCUT2D eigenvalue weighted by atomic mass is 16.5. The largest absolute Gasteiger partial charge is 0.492 e. The first-order valence-corrected chi connectivity index (χ1v) is 6.58. The Labute approximate surface area is 109 Å². The Morgan fingerprint density at radius 3 is 2.94 bits per heavy atom. The fourth-order valence-electron chi connectivity index (χ4n) is 2.28. The van der Waals surface area contributed by atoms with Crippen LogP contribution in [0.25, 0.3) is 0 Å². The summed E-state index contributed by atoms with van der Waals surface area (Å²) < 4.78 is 5.82. The maximum Gasteiger partial charge on any atom is 0.123 e. The van der Waals surface area contributed by atoms with Gasteiger partial charge in [0.15, 0.2) is 0 Å². The normalized spacial score (nSPS) is 16.4. The molecule has 0 unspecified atom stereocenters. The zero-order chi connectivity index (χ0) is 12.8. The van der Waals surface area contributed by atoms with Crippen LogP contribution in [0.1, 0.15) is 18.9 Å². The van der Waals surface area contributed by atoms with Crippen molar-refractivity contribution in [3.8, 4) is 5.75 Å². The van der Waals surface area contributed by atoms with Crippen LogP contribution in [0.4, 0.5) is 0 Å². The summed E-state index contributed by atoms with van der Waals surface area (Å²) in [6.45, 7) is 6.63. The maximum absolute atomic E-state index is 5.82. The predicted molar refractivity (Wildman–Crippen MR) is 74.6 cm³/mol. The molecule has 0 fully saturated rings. The molecule has 1 heterocycles. The number of nitrogens with zero attached hydrogens (tertiary/aromatic N) is 1. The Morgan fingerprint density at radius 2 is 2.17 bits per heavy atom. The molecule has 0 aromatic heterocycles. The third-order valence-electron chi connectivity index (χ3n) is 3.27. The van der Waals surface area contributed by atoms with Gasteiger partial charge in [-0.15, -0.1) is 0 Å². The first-order chi connectivity index (χ1) is 8.79. The second kappa shape index (κ2) is 6.57. The molecule has 0 aliphatic carbocycles. The van der Waals surface area contributed by atoms with Gasteiger partial charge in [-0.3, -0.25) is 4.90 Å². The molecule has 1 aromatic carbocycles. The van der Waals surface area contributed by atoms with E-state index in [-0.39, 0.29) is 0 Å². The van der Waals surface area contributed by atoms with Crippen LogP contribution in [0.3, 0.4) is 0 Å². The number of benzene rings is 1. The highest BCUT2D eigenvalue weighted by molar-refractivity contribution is 5.32. The topological polar surface area (TPSA) is 38.5 Å². The van der Waals surface area contributed by atoms with E-state index in [2.05, 4.69) is 17.9 Å². The Morgan fingerprint density at radius 1 is 1.33 bits per heavy atom. The van der Waals surface area contributed by atoms with E-state index in [1.807, 2.05) is 24.3 Å². The zero-order valence-electron chi connectivity index (χ0n) is 11.1. The summed E-state index contributed by atoms with van der Waals surface area (Å²) in [5.41, 5.74) is 8.22. The van der Waals surface area contributed by atoms with E-state index in [4.69, 9.17) is 10.5 Å². The van der Waals surface area contributed by atoms with Crippen molar-refractivity contribution in [3.05, 3.63) is 41.5 Å². The molecule has 2 N–H and O–H groups in total. The molecule has 18 heavy (non-hydrogen) atoms.